The van der Waals surface area contributed by atoms with Crippen LogP contribution in [0.25, 0.3) is 0 Å². The standard InChI is InChI=1S/C40H49O10PS.C32H37O8PS.C18H29O9PS.C8H13ClO2.C2HCl3O2.6Ba.6H/c1-4-35-37(24-26-45-35)50-51(42,52-28-47-39(41)29-11-7-5-8-12-29)48-27-38-36(23-25-46-38)49-40(30-13-9-6-10-14-30,31-15-19-33(43-2)20-16-31)32-17-21-34(44-3)22-18-32;1-4-28-30(19-21-36-28)40-41(33,42)38-22-31-29(18-20-37-31)39-32(23-8-6-5-7-9-23,24-10-14-26(34-2)15-11-24)25-12-16-27(35-3)17-13-25;19-10-16-15(7-9-23-16)27-28(22,26-11-17-14(20)6-8-24-17)29-12-25-18(21)13-4-2-1-3-5-13;9-6-11-8(10)7-4-2-1-3-5-7;3-2(4,5)1(6)7;;;;;;;;;;;;/h6,9-10,13-22,25-26,29,35-38H,4-5,7-8,11-12,23-24,27-28H2,1-3H3;5-17,20-21,28-31H,4,18-19,22H2,1-3H3,(H,33,42);8-9,13-17,19-20H,1-7,10-12H2;7H,1-6H2;(H,6,7);;;;;;;;;;;;/q3*-2;;;6*+2;6*-1/t35-,36?,37?,38-,51+;28-,29?,30?,31-,41?;14?,15?,16-,17-,28+;;;;;;;;;;;;;;/m111............../s1. The average Bonchev–Trinajstić information content (AvgIpc) is 1.55. The Kier molecular flexibility index (Phi) is 71.4. The third-order valence-corrected chi connectivity index (χ3v) is 34.1. The summed E-state index contributed by atoms with van der Waals surface area (Å²) in [5.74, 6) is 0.358. The zero-order valence-corrected chi connectivity index (χ0v) is 119. The van der Waals surface area contributed by atoms with Crippen molar-refractivity contribution >= 4 is 418 Å². The molecule has 0 bridgehead atoms. The van der Waals surface area contributed by atoms with E-state index in [1.54, 1.807) is 54.9 Å². The average molecular weight is 2990 g/mol. The van der Waals surface area contributed by atoms with E-state index in [2.05, 4.69) is 0 Å². The molecule has 15 atom stereocenters. The molecule has 6 heterocycles. The molecule has 3 aliphatic carbocycles. The minimum atomic E-state index is -3.88. The molecule has 6 aromatic rings. The topological polar surface area (TPSA) is 377 Å². The predicted octanol–water partition coefficient (Wildman–Crippen LogP) is 20.0. The van der Waals surface area contributed by atoms with E-state index in [0.29, 0.717) is 44.9 Å². The minimum absolute atomic E-state index is 0. The first-order chi connectivity index (χ1) is 68.0. The number of aliphatic hydroxyl groups excluding tert-OH is 2. The second-order valence-corrected chi connectivity index (χ2v) is 47.6. The van der Waals surface area contributed by atoms with Crippen LogP contribution in [0.5, 0.6) is 23.0 Å². The van der Waals surface area contributed by atoms with Crippen molar-refractivity contribution in [1.29, 1.82) is 0 Å². The molecular weight excluding hydrogens is 2850 g/mol. The van der Waals surface area contributed by atoms with Gasteiger partial charge in [0, 0.05) is 35.0 Å². The van der Waals surface area contributed by atoms with Gasteiger partial charge in [0.15, 0.2) is 6.07 Å². The number of carbonyl (C=O) groups is 4. The second-order valence-electron chi connectivity index (χ2n) is 34.3. The largest absolute Gasteiger partial charge is 2.00 e. The van der Waals surface area contributed by atoms with Crippen LogP contribution in [0.3, 0.4) is 0 Å². The molecule has 9 aliphatic rings. The van der Waals surface area contributed by atoms with Crippen LogP contribution in [0.4, 0.5) is 0 Å². The summed E-state index contributed by atoms with van der Waals surface area (Å²) in [6, 6.07) is 51.4. The molecule has 0 aromatic heterocycles. The molecule has 4 N–H and O–H groups in total. The van der Waals surface area contributed by atoms with Gasteiger partial charge >= 0.3 is 337 Å². The van der Waals surface area contributed by atoms with Gasteiger partial charge in [-0.2, -0.15) is 0 Å². The zero-order valence-electron chi connectivity index (χ0n) is 90.0. The number of hydrogen-bond donors (Lipinski definition) is 4. The van der Waals surface area contributed by atoms with Crippen LogP contribution < -0.4 is 18.9 Å². The molecule has 15 rings (SSSR count). The normalized spacial score (nSPS) is 23.7. The number of benzene rings is 6. The first kappa shape index (κ1) is 142. The van der Waals surface area contributed by atoms with Crippen LogP contribution >= 0.6 is 89.5 Å². The fraction of sp³-hybridized carbons (Fsp3) is 0.540. The number of ether oxygens (including phenoxy) is 15. The molecule has 147 heavy (non-hydrogen) atoms. The van der Waals surface area contributed by atoms with Crippen molar-refractivity contribution in [3.63, 3.8) is 0 Å². The molecular formula is C100H135Ba6Cl4O31P3S3. The molecule has 0 radical (unpaired) electrons. The zero-order chi connectivity index (χ0) is 101. The maximum absolute atomic E-state index is 14.4. The number of carboxylic acid groups (broad SMARTS) is 1. The van der Waals surface area contributed by atoms with E-state index in [-0.39, 0.29) is 400 Å². The van der Waals surface area contributed by atoms with E-state index in [1.165, 1.54) is 19.6 Å². The van der Waals surface area contributed by atoms with Crippen LogP contribution in [-0.4, -0.2) is 487 Å². The van der Waals surface area contributed by atoms with E-state index in [9.17, 15) is 43.4 Å². The van der Waals surface area contributed by atoms with Gasteiger partial charge in [0.2, 0.25) is 0 Å². The predicted molar refractivity (Wildman–Crippen MR) is 578 cm³/mol. The molecule has 6 saturated heterocycles. The van der Waals surface area contributed by atoms with E-state index in [1.807, 2.05) is 172 Å². The Balaban J connectivity index is 0. The monoisotopic (exact) mass is 2990 g/mol. The number of alkyl halides is 4. The number of rotatable bonds is 42. The summed E-state index contributed by atoms with van der Waals surface area (Å²) in [7, 11) is 6.56. The Hall–Kier alpha value is 4.12. The van der Waals surface area contributed by atoms with Crippen molar-refractivity contribution in [3.8, 4) is 23.0 Å². The SMILES string of the molecule is CC[C@H]1O[CH-]CC1OP(O)(=S)OC[C@H]1O[CH-]CC1OC(c1ccccc1)(c1ccc(OC)cc1)c1ccc(OC)cc1.CC[C@H]1O[CH-]CC1O[P@](=O)(OC[C@H]1O[CH-]CC1OC(c1ccccc1)(c1ccc(OC)cc1)c1ccc(OC)cc1)SCOC(=O)C1CCCCC1.O=C(O)C(Cl)(Cl)Cl.O=C(OCCl)C1CCCCC1.O=C(OCS[P@@](=O)(OC[C@H]1O[CH-]CC1O)OC1C[CH-]O[C@@H]1CO)C1CCCCC1.[Ba+2].[Ba+2].[Ba+2].[Ba+2].[Ba+2].[Ba+2].[H-].[H-].[H-].[H-].[H-].[H-]. The fourth-order valence-electron chi connectivity index (χ4n) is 17.4. The van der Waals surface area contributed by atoms with Gasteiger partial charge in [-0.1, -0.05) is 227 Å². The Morgan fingerprint density at radius 3 is 0.993 bits per heavy atom. The van der Waals surface area contributed by atoms with Crippen molar-refractivity contribution in [3.05, 3.63) is 231 Å². The first-order valence-corrected chi connectivity index (χ1v) is 57.9. The van der Waals surface area contributed by atoms with Crippen LogP contribution in [0.2, 0.25) is 0 Å². The molecule has 0 spiro atoms. The van der Waals surface area contributed by atoms with Crippen molar-refractivity contribution in [1.82, 2.24) is 0 Å². The molecule has 794 valence electrons. The summed E-state index contributed by atoms with van der Waals surface area (Å²) < 4.78 is 147. The summed E-state index contributed by atoms with van der Waals surface area (Å²) in [4.78, 5) is 56.6. The molecule has 9 fully saturated rings. The van der Waals surface area contributed by atoms with E-state index >= 15 is 0 Å². The van der Waals surface area contributed by atoms with E-state index in [4.69, 9.17) is 162 Å². The molecule has 3 saturated carbocycles. The second kappa shape index (κ2) is 74.2. The van der Waals surface area contributed by atoms with Crippen LogP contribution in [0, 0.1) is 57.4 Å². The fourth-order valence-corrected chi connectivity index (χ4v) is 24.7. The first-order valence-electron chi connectivity index (χ1n) is 47.4. The Labute approximate surface area is 1150 Å². The van der Waals surface area contributed by atoms with Gasteiger partial charge < -0.3 is 109 Å². The van der Waals surface area contributed by atoms with Gasteiger partial charge in [-0.25, -0.2) is 53.6 Å². The maximum atomic E-state index is 14.4. The third-order valence-electron chi connectivity index (χ3n) is 25.2. The molecule has 0 amide bonds. The third kappa shape index (κ3) is 44.5. The summed E-state index contributed by atoms with van der Waals surface area (Å²) in [6.45, 7) is 2.01. The van der Waals surface area contributed by atoms with E-state index in [0.717, 1.165) is 175 Å². The summed E-state index contributed by atoms with van der Waals surface area (Å²) in [5.41, 5.74) is 3.31. The maximum Gasteiger partial charge on any atom is 2.00 e. The van der Waals surface area contributed by atoms with Gasteiger partial charge in [-0.3, -0.25) is 32.5 Å². The Morgan fingerprint density at radius 2 is 0.687 bits per heavy atom. The molecule has 7 unspecified atom stereocenters. The van der Waals surface area contributed by atoms with Crippen molar-refractivity contribution in [2.24, 2.45) is 17.8 Å². The van der Waals surface area contributed by atoms with Crippen molar-refractivity contribution < 1.29 is 155 Å². The number of aliphatic hydroxyl groups is 2. The number of aliphatic carboxylic acids is 1. The summed E-state index contributed by atoms with van der Waals surface area (Å²) in [5, 5.41) is 27.1. The number of carboxylic acids is 1. The number of carbonyl (C=O) groups excluding carboxylic acids is 3. The Morgan fingerprint density at radius 1 is 0.408 bits per heavy atom. The van der Waals surface area contributed by atoms with Gasteiger partial charge in [0.25, 0.3) is 3.79 Å². The summed E-state index contributed by atoms with van der Waals surface area (Å²) >= 11 is 26.7. The smallest absolute Gasteiger partial charge is 1.00 e. The number of esters is 3. The van der Waals surface area contributed by atoms with Crippen LogP contribution in [0.15, 0.2) is 158 Å². The van der Waals surface area contributed by atoms with Gasteiger partial charge in [-0.05, 0) is 145 Å². The molecule has 6 aromatic carbocycles. The molecule has 47 heteroatoms. The quantitative estimate of drug-likeness (QED) is 0.00404. The molecule has 31 nitrogen and oxygen atoms in total. The summed E-state index contributed by atoms with van der Waals surface area (Å²) in [6.07, 6.45) is 13.2. The Bertz CT molecular complexity index is 4840. The van der Waals surface area contributed by atoms with E-state index < -0.39 is 96.2 Å². The van der Waals surface area contributed by atoms with Crippen molar-refractivity contribution in [2.45, 2.75) is 250 Å². The number of halogens is 4. The molecule has 6 aliphatic heterocycles. The van der Waals surface area contributed by atoms with Gasteiger partial charge in [0.05, 0.1) is 134 Å². The van der Waals surface area contributed by atoms with Crippen LogP contribution in [0.1, 0.15) is 203 Å². The van der Waals surface area contributed by atoms with Crippen molar-refractivity contribution in [2.75, 3.05) is 72.8 Å². The van der Waals surface area contributed by atoms with Crippen LogP contribution in [-0.2, 0) is 131 Å². The van der Waals surface area contributed by atoms with Gasteiger partial charge in [0.1, 0.15) is 46.1 Å². The number of methoxy groups -OCH3 is 4. The van der Waals surface area contributed by atoms with Gasteiger partial charge in [-0.15, -0.1) is 38.5 Å². The minimum Gasteiger partial charge on any atom is -1.00 e. The number of hydrogen-bond acceptors (Lipinski definition) is 32.